The van der Waals surface area contributed by atoms with E-state index in [1.807, 2.05) is 26.0 Å². The van der Waals surface area contributed by atoms with E-state index in [0.717, 1.165) is 5.69 Å². The predicted octanol–water partition coefficient (Wildman–Crippen LogP) is 3.29. The Bertz CT molecular complexity index is 564. The smallest absolute Gasteiger partial charge is 0.123 e. The van der Waals surface area contributed by atoms with Gasteiger partial charge in [0.2, 0.25) is 0 Å². The number of ether oxygens (including phenoxy) is 1. The van der Waals surface area contributed by atoms with Crippen LogP contribution in [-0.4, -0.2) is 24.4 Å². The van der Waals surface area contributed by atoms with Crippen molar-refractivity contribution in [3.05, 3.63) is 59.4 Å². The van der Waals surface area contributed by atoms with Gasteiger partial charge in [-0.2, -0.15) is 0 Å². The summed E-state index contributed by atoms with van der Waals surface area (Å²) >= 11 is 0. The fraction of sp³-hybridized carbons (Fsp3) is 0.294. The molecule has 0 aliphatic carbocycles. The molecular weight excluding hydrogens is 269 g/mol. The highest BCUT2D eigenvalue weighted by Gasteiger charge is 2.06. The van der Waals surface area contributed by atoms with Crippen LogP contribution in [-0.2, 0) is 0 Å². The Morgan fingerprint density at radius 2 is 1.71 bits per heavy atom. The highest BCUT2D eigenvalue weighted by Crippen LogP contribution is 2.14. The van der Waals surface area contributed by atoms with Crippen LogP contribution in [0.1, 0.15) is 11.1 Å². The Morgan fingerprint density at radius 1 is 1.10 bits per heavy atom. The van der Waals surface area contributed by atoms with Crippen molar-refractivity contribution >= 4 is 5.69 Å². The van der Waals surface area contributed by atoms with Gasteiger partial charge in [0, 0.05) is 12.2 Å². The second-order valence-electron chi connectivity index (χ2n) is 5.18. The van der Waals surface area contributed by atoms with Crippen LogP contribution >= 0.6 is 0 Å². The number of aliphatic hydroxyl groups is 1. The lowest BCUT2D eigenvalue weighted by atomic mass is 10.1. The summed E-state index contributed by atoms with van der Waals surface area (Å²) in [5.41, 5.74) is 3.33. The van der Waals surface area contributed by atoms with Gasteiger partial charge in [-0.3, -0.25) is 0 Å². The quantitative estimate of drug-likeness (QED) is 0.857. The molecule has 1 atom stereocenters. The van der Waals surface area contributed by atoms with Gasteiger partial charge in [-0.25, -0.2) is 4.39 Å². The van der Waals surface area contributed by atoms with Crippen LogP contribution in [0.5, 0.6) is 5.75 Å². The van der Waals surface area contributed by atoms with Crippen LogP contribution in [0.15, 0.2) is 42.5 Å². The summed E-state index contributed by atoms with van der Waals surface area (Å²) in [6.07, 6.45) is -0.643. The van der Waals surface area contributed by atoms with Crippen molar-refractivity contribution in [3.63, 3.8) is 0 Å². The molecule has 4 heteroatoms. The Morgan fingerprint density at radius 3 is 2.33 bits per heavy atom. The fourth-order valence-corrected chi connectivity index (χ4v) is 2.09. The van der Waals surface area contributed by atoms with Gasteiger partial charge in [0.15, 0.2) is 0 Å². The predicted molar refractivity (Wildman–Crippen MR) is 82.3 cm³/mol. The van der Waals surface area contributed by atoms with Gasteiger partial charge in [0.25, 0.3) is 0 Å². The molecule has 112 valence electrons. The zero-order valence-electron chi connectivity index (χ0n) is 12.3. The van der Waals surface area contributed by atoms with Gasteiger partial charge in [-0.1, -0.05) is 6.07 Å². The third-order valence-corrected chi connectivity index (χ3v) is 3.02. The van der Waals surface area contributed by atoms with Crippen molar-refractivity contribution < 1.29 is 14.2 Å². The topological polar surface area (TPSA) is 41.5 Å². The molecule has 3 nitrogen and oxygen atoms in total. The first kappa shape index (κ1) is 15.3. The van der Waals surface area contributed by atoms with Crippen molar-refractivity contribution in [2.75, 3.05) is 18.5 Å². The zero-order chi connectivity index (χ0) is 15.2. The third-order valence-electron chi connectivity index (χ3n) is 3.02. The minimum atomic E-state index is -0.643. The average molecular weight is 289 g/mol. The first-order valence-electron chi connectivity index (χ1n) is 6.91. The minimum absolute atomic E-state index is 0.156. The molecule has 0 bridgehead atoms. The largest absolute Gasteiger partial charge is 0.491 e. The van der Waals surface area contributed by atoms with E-state index in [1.165, 1.54) is 23.3 Å². The molecule has 21 heavy (non-hydrogen) atoms. The Hall–Kier alpha value is -2.07. The Kier molecular flexibility index (Phi) is 5.17. The van der Waals surface area contributed by atoms with E-state index in [-0.39, 0.29) is 12.4 Å². The van der Waals surface area contributed by atoms with E-state index in [0.29, 0.717) is 12.3 Å². The van der Waals surface area contributed by atoms with Gasteiger partial charge in [0.1, 0.15) is 24.3 Å². The number of hydrogen-bond donors (Lipinski definition) is 2. The Balaban J connectivity index is 1.79. The lowest BCUT2D eigenvalue weighted by molar-refractivity contribution is 0.117. The van der Waals surface area contributed by atoms with E-state index < -0.39 is 6.10 Å². The summed E-state index contributed by atoms with van der Waals surface area (Å²) in [5, 5.41) is 13.1. The SMILES string of the molecule is Cc1cc(C)cc(NCC(O)COc2ccc(F)cc2)c1. The molecule has 1 unspecified atom stereocenters. The summed E-state index contributed by atoms with van der Waals surface area (Å²) in [4.78, 5) is 0. The number of nitrogens with one attached hydrogen (secondary N) is 1. The molecule has 0 spiro atoms. The molecule has 0 aliphatic heterocycles. The molecule has 0 fully saturated rings. The monoisotopic (exact) mass is 289 g/mol. The number of rotatable bonds is 6. The molecule has 0 heterocycles. The van der Waals surface area contributed by atoms with Crippen LogP contribution in [0.2, 0.25) is 0 Å². The molecule has 2 rings (SSSR count). The lowest BCUT2D eigenvalue weighted by Gasteiger charge is -2.14. The summed E-state index contributed by atoms with van der Waals surface area (Å²) in [6, 6.07) is 11.9. The maximum absolute atomic E-state index is 12.7. The molecule has 0 amide bonds. The minimum Gasteiger partial charge on any atom is -0.491 e. The van der Waals surface area contributed by atoms with E-state index in [9.17, 15) is 9.50 Å². The highest BCUT2D eigenvalue weighted by molar-refractivity contribution is 5.48. The maximum atomic E-state index is 12.7. The second kappa shape index (κ2) is 7.09. The molecule has 0 saturated heterocycles. The zero-order valence-corrected chi connectivity index (χ0v) is 12.3. The normalized spacial score (nSPS) is 12.0. The number of hydrogen-bond acceptors (Lipinski definition) is 3. The van der Waals surface area contributed by atoms with Crippen molar-refractivity contribution in [1.29, 1.82) is 0 Å². The van der Waals surface area contributed by atoms with Gasteiger partial charge < -0.3 is 15.2 Å². The molecule has 0 aromatic heterocycles. The maximum Gasteiger partial charge on any atom is 0.123 e. The Labute approximate surface area is 124 Å². The van der Waals surface area contributed by atoms with E-state index >= 15 is 0 Å². The number of aryl methyl sites for hydroxylation is 2. The first-order valence-corrected chi connectivity index (χ1v) is 6.91. The summed E-state index contributed by atoms with van der Waals surface area (Å²) < 4.78 is 18.1. The van der Waals surface area contributed by atoms with Crippen LogP contribution < -0.4 is 10.1 Å². The van der Waals surface area contributed by atoms with Crippen LogP contribution in [0.25, 0.3) is 0 Å². The van der Waals surface area contributed by atoms with Crippen LogP contribution in [0.4, 0.5) is 10.1 Å². The van der Waals surface area contributed by atoms with Crippen LogP contribution in [0.3, 0.4) is 0 Å². The number of anilines is 1. The first-order chi connectivity index (χ1) is 10.0. The molecule has 0 aliphatic rings. The number of benzene rings is 2. The molecule has 2 N–H and O–H groups in total. The van der Waals surface area contributed by atoms with Gasteiger partial charge in [-0.05, 0) is 61.4 Å². The van der Waals surface area contributed by atoms with Crippen molar-refractivity contribution in [2.45, 2.75) is 20.0 Å². The fourth-order valence-electron chi connectivity index (χ4n) is 2.09. The molecule has 2 aromatic rings. The standard InChI is InChI=1S/C17H20FNO2/c1-12-7-13(2)9-15(8-12)19-10-16(20)11-21-17-5-3-14(18)4-6-17/h3-9,16,19-20H,10-11H2,1-2H3. The van der Waals surface area contributed by atoms with Gasteiger partial charge in [0.05, 0.1) is 0 Å². The third kappa shape index (κ3) is 5.08. The van der Waals surface area contributed by atoms with Crippen molar-refractivity contribution in [3.8, 4) is 5.75 Å². The lowest BCUT2D eigenvalue weighted by Crippen LogP contribution is -2.26. The van der Waals surface area contributed by atoms with Gasteiger partial charge in [-0.15, -0.1) is 0 Å². The molecule has 2 aromatic carbocycles. The number of aliphatic hydroxyl groups excluding tert-OH is 1. The van der Waals surface area contributed by atoms with E-state index in [2.05, 4.69) is 11.4 Å². The number of halogens is 1. The highest BCUT2D eigenvalue weighted by atomic mass is 19.1. The van der Waals surface area contributed by atoms with E-state index in [1.54, 1.807) is 12.1 Å². The van der Waals surface area contributed by atoms with Crippen LogP contribution in [0, 0.1) is 19.7 Å². The van der Waals surface area contributed by atoms with Gasteiger partial charge >= 0.3 is 0 Å². The summed E-state index contributed by atoms with van der Waals surface area (Å²) in [6.45, 7) is 4.62. The molecular formula is C17H20FNO2. The second-order valence-corrected chi connectivity index (χ2v) is 5.18. The van der Waals surface area contributed by atoms with Crippen molar-refractivity contribution in [1.82, 2.24) is 0 Å². The molecule has 0 saturated carbocycles. The summed E-state index contributed by atoms with van der Waals surface area (Å²) in [5.74, 6) is 0.237. The average Bonchev–Trinajstić information content (AvgIpc) is 2.43. The molecule has 0 radical (unpaired) electrons. The van der Waals surface area contributed by atoms with Crippen molar-refractivity contribution in [2.24, 2.45) is 0 Å². The van der Waals surface area contributed by atoms with E-state index in [4.69, 9.17) is 4.74 Å². The summed E-state index contributed by atoms with van der Waals surface area (Å²) in [7, 11) is 0.